The normalized spacial score (nSPS) is 18.7. The van der Waals surface area contributed by atoms with Crippen LogP contribution < -0.4 is 4.74 Å². The largest absolute Gasteiger partial charge is 0.507 e. The number of Topliss-reactive ketones (excluding diaryl/α,β-unsaturated/α-hetero) is 1. The predicted octanol–water partition coefficient (Wildman–Crippen LogP) is 2.16. The molecule has 27 heavy (non-hydrogen) atoms. The second kappa shape index (κ2) is 8.01. The van der Waals surface area contributed by atoms with Crippen molar-refractivity contribution in [2.75, 3.05) is 27.4 Å². The molecule has 2 aromatic rings. The molecule has 1 aromatic carbocycles. The van der Waals surface area contributed by atoms with Crippen LogP contribution in [0.4, 0.5) is 0 Å². The summed E-state index contributed by atoms with van der Waals surface area (Å²) in [7, 11) is 2.99. The molecule has 1 atom stereocenters. The van der Waals surface area contributed by atoms with Crippen LogP contribution in [0.3, 0.4) is 0 Å². The molecule has 1 saturated heterocycles. The number of amides is 1. The second-order valence-electron chi connectivity index (χ2n) is 5.94. The fraction of sp³-hybridized carbons (Fsp3) is 0.250. The Morgan fingerprint density at radius 2 is 1.89 bits per heavy atom. The smallest absolute Gasteiger partial charge is 0.295 e. The number of benzene rings is 1. The third-order valence-electron chi connectivity index (χ3n) is 4.41. The number of hydrogen-bond donors (Lipinski definition) is 1. The van der Waals surface area contributed by atoms with Crippen molar-refractivity contribution in [3.05, 3.63) is 65.5 Å². The summed E-state index contributed by atoms with van der Waals surface area (Å²) in [5.74, 6) is -1.34. The molecular weight excluding hydrogens is 348 g/mol. The standard InChI is InChI=1S/C20H20N2O5/c1-26-12-11-22-17(14-8-5-6-10-21-14)16(19(24)20(22)25)18(23)13-7-3-4-9-15(13)27-2/h3-10,17,23H,11-12H2,1-2H3/b18-16-. The van der Waals surface area contributed by atoms with Crippen molar-refractivity contribution in [3.8, 4) is 5.75 Å². The number of carbonyl (C=O) groups excluding carboxylic acids is 2. The molecule has 3 rings (SSSR count). The molecule has 0 aliphatic carbocycles. The van der Waals surface area contributed by atoms with E-state index in [1.807, 2.05) is 0 Å². The van der Waals surface area contributed by atoms with Crippen LogP contribution in [0, 0.1) is 0 Å². The summed E-state index contributed by atoms with van der Waals surface area (Å²) in [5, 5.41) is 10.9. The van der Waals surface area contributed by atoms with Gasteiger partial charge in [0.1, 0.15) is 17.6 Å². The minimum atomic E-state index is -0.800. The molecule has 0 radical (unpaired) electrons. The maximum absolute atomic E-state index is 12.8. The van der Waals surface area contributed by atoms with Crippen molar-refractivity contribution in [2.24, 2.45) is 0 Å². The molecular formula is C20H20N2O5. The maximum atomic E-state index is 12.8. The Bertz CT molecular complexity index is 879. The Balaban J connectivity index is 2.18. The first-order chi connectivity index (χ1) is 13.1. The molecule has 0 spiro atoms. The van der Waals surface area contributed by atoms with Gasteiger partial charge in [0.25, 0.3) is 11.7 Å². The predicted molar refractivity (Wildman–Crippen MR) is 98.1 cm³/mol. The first-order valence-electron chi connectivity index (χ1n) is 8.41. The number of para-hydroxylation sites is 1. The van der Waals surface area contributed by atoms with Gasteiger partial charge in [0, 0.05) is 19.9 Å². The van der Waals surface area contributed by atoms with Crippen molar-refractivity contribution in [2.45, 2.75) is 6.04 Å². The Hall–Kier alpha value is -3.19. The van der Waals surface area contributed by atoms with Crippen molar-refractivity contribution in [3.63, 3.8) is 0 Å². The number of nitrogens with zero attached hydrogens (tertiary/aromatic N) is 2. The quantitative estimate of drug-likeness (QED) is 0.477. The number of aliphatic hydroxyl groups excluding tert-OH is 1. The molecule has 1 fully saturated rings. The Morgan fingerprint density at radius 1 is 1.15 bits per heavy atom. The first kappa shape index (κ1) is 18.6. The van der Waals surface area contributed by atoms with Crippen LogP contribution >= 0.6 is 0 Å². The first-order valence-corrected chi connectivity index (χ1v) is 8.41. The number of rotatable bonds is 6. The van der Waals surface area contributed by atoms with Crippen molar-refractivity contribution in [1.29, 1.82) is 0 Å². The van der Waals surface area contributed by atoms with Gasteiger partial charge in [-0.15, -0.1) is 0 Å². The van der Waals surface area contributed by atoms with E-state index in [0.29, 0.717) is 17.0 Å². The molecule has 1 N–H and O–H groups in total. The van der Waals surface area contributed by atoms with Crippen LogP contribution in [0.2, 0.25) is 0 Å². The molecule has 7 heteroatoms. The van der Waals surface area contributed by atoms with Crippen LogP contribution in [-0.4, -0.2) is 54.1 Å². The number of hydrogen-bond acceptors (Lipinski definition) is 6. The number of aliphatic hydroxyl groups is 1. The van der Waals surface area contributed by atoms with Gasteiger partial charge in [0.15, 0.2) is 0 Å². The summed E-state index contributed by atoms with van der Waals surface area (Å²) < 4.78 is 10.3. The minimum Gasteiger partial charge on any atom is -0.507 e. The summed E-state index contributed by atoms with van der Waals surface area (Å²) in [6.07, 6.45) is 1.58. The maximum Gasteiger partial charge on any atom is 0.295 e. The van der Waals surface area contributed by atoms with Gasteiger partial charge in [-0.3, -0.25) is 14.6 Å². The fourth-order valence-electron chi connectivity index (χ4n) is 3.13. The average Bonchev–Trinajstić information content (AvgIpc) is 2.97. The molecule has 0 saturated carbocycles. The number of carbonyl (C=O) groups is 2. The number of aromatic nitrogens is 1. The lowest BCUT2D eigenvalue weighted by Crippen LogP contribution is -2.33. The molecule has 140 valence electrons. The lowest BCUT2D eigenvalue weighted by atomic mass is 9.98. The molecule has 0 bridgehead atoms. The number of likely N-dealkylation sites (tertiary alicyclic amines) is 1. The van der Waals surface area contributed by atoms with E-state index in [0.717, 1.165) is 0 Å². The van der Waals surface area contributed by atoms with Crippen LogP contribution in [0.5, 0.6) is 5.75 Å². The monoisotopic (exact) mass is 368 g/mol. The van der Waals surface area contributed by atoms with Gasteiger partial charge in [-0.05, 0) is 24.3 Å². The summed E-state index contributed by atoms with van der Waals surface area (Å²) in [4.78, 5) is 31.0. The van der Waals surface area contributed by atoms with Crippen LogP contribution in [0.1, 0.15) is 17.3 Å². The van der Waals surface area contributed by atoms with Gasteiger partial charge in [0.2, 0.25) is 0 Å². The van der Waals surface area contributed by atoms with E-state index in [4.69, 9.17) is 9.47 Å². The molecule has 1 aliphatic rings. The van der Waals surface area contributed by atoms with Crippen LogP contribution in [-0.2, 0) is 14.3 Å². The third kappa shape index (κ3) is 3.41. The lowest BCUT2D eigenvalue weighted by Gasteiger charge is -2.24. The van der Waals surface area contributed by atoms with Crippen molar-refractivity contribution < 1.29 is 24.2 Å². The van der Waals surface area contributed by atoms with Gasteiger partial charge in [-0.2, -0.15) is 0 Å². The van der Waals surface area contributed by atoms with Gasteiger partial charge in [-0.1, -0.05) is 18.2 Å². The Labute approximate surface area is 156 Å². The zero-order chi connectivity index (χ0) is 19.4. The highest BCUT2D eigenvalue weighted by atomic mass is 16.5. The molecule has 7 nitrogen and oxygen atoms in total. The molecule has 1 amide bonds. The summed E-state index contributed by atoms with van der Waals surface area (Å²) >= 11 is 0. The minimum absolute atomic E-state index is 0.0145. The van der Waals surface area contributed by atoms with E-state index in [1.165, 1.54) is 19.1 Å². The van der Waals surface area contributed by atoms with Crippen LogP contribution in [0.15, 0.2) is 54.2 Å². The zero-order valence-electron chi connectivity index (χ0n) is 15.1. The summed E-state index contributed by atoms with van der Waals surface area (Å²) in [6.45, 7) is 0.454. The van der Waals surface area contributed by atoms with Crippen LogP contribution in [0.25, 0.3) is 5.76 Å². The highest BCUT2D eigenvalue weighted by Gasteiger charge is 2.46. The number of methoxy groups -OCH3 is 2. The van der Waals surface area contributed by atoms with Gasteiger partial charge < -0.3 is 19.5 Å². The average molecular weight is 368 g/mol. The van der Waals surface area contributed by atoms with Gasteiger partial charge in [0.05, 0.1) is 30.5 Å². The molecule has 1 aromatic heterocycles. The van der Waals surface area contributed by atoms with Gasteiger partial charge in [-0.25, -0.2) is 0 Å². The number of pyridine rings is 1. The highest BCUT2D eigenvalue weighted by molar-refractivity contribution is 6.46. The summed E-state index contributed by atoms with van der Waals surface area (Å²) in [5.41, 5.74) is 0.814. The van der Waals surface area contributed by atoms with E-state index < -0.39 is 17.7 Å². The molecule has 1 unspecified atom stereocenters. The third-order valence-corrected chi connectivity index (χ3v) is 4.41. The number of ketones is 1. The number of ether oxygens (including phenoxy) is 2. The molecule has 1 aliphatic heterocycles. The van der Waals surface area contributed by atoms with E-state index in [-0.39, 0.29) is 24.5 Å². The zero-order valence-corrected chi connectivity index (χ0v) is 15.1. The SMILES string of the molecule is COCCN1C(=O)C(=O)/C(=C(\O)c2ccccc2OC)C1c1ccccn1. The van der Waals surface area contributed by atoms with Crippen molar-refractivity contribution >= 4 is 17.4 Å². The molecule has 2 heterocycles. The van der Waals surface area contributed by atoms with E-state index >= 15 is 0 Å². The Kier molecular flexibility index (Phi) is 5.52. The van der Waals surface area contributed by atoms with Gasteiger partial charge >= 0.3 is 0 Å². The topological polar surface area (TPSA) is 89.0 Å². The van der Waals surface area contributed by atoms with E-state index in [1.54, 1.807) is 48.7 Å². The highest BCUT2D eigenvalue weighted by Crippen LogP contribution is 2.39. The van der Waals surface area contributed by atoms with E-state index in [2.05, 4.69) is 4.98 Å². The summed E-state index contributed by atoms with van der Waals surface area (Å²) in [6, 6.07) is 11.2. The van der Waals surface area contributed by atoms with E-state index in [9.17, 15) is 14.7 Å². The second-order valence-corrected chi connectivity index (χ2v) is 5.94. The Morgan fingerprint density at radius 3 is 2.56 bits per heavy atom. The fourth-order valence-corrected chi connectivity index (χ4v) is 3.13. The van der Waals surface area contributed by atoms with Crippen molar-refractivity contribution in [1.82, 2.24) is 9.88 Å². The lowest BCUT2D eigenvalue weighted by molar-refractivity contribution is -0.140.